The average Bonchev–Trinajstić information content (AvgIpc) is 2.69. The molecule has 2 unspecified atom stereocenters. The molecule has 2 fully saturated rings. The fourth-order valence-electron chi connectivity index (χ4n) is 5.69. The highest BCUT2D eigenvalue weighted by Gasteiger charge is 2.35. The molecule has 0 bridgehead atoms. The lowest BCUT2D eigenvalue weighted by Gasteiger charge is -2.42. The molecule has 28 heavy (non-hydrogen) atoms. The molecule has 2 aliphatic carbocycles. The number of hydrogen-bond acceptors (Lipinski definition) is 1. The molecule has 1 nitrogen and oxygen atoms in total. The first-order valence-corrected chi connectivity index (χ1v) is 10.7. The summed E-state index contributed by atoms with van der Waals surface area (Å²) in [7, 11) is 0. The van der Waals surface area contributed by atoms with Gasteiger partial charge in [0.15, 0.2) is 11.6 Å². The molecule has 0 N–H and O–H groups in total. The zero-order valence-electron chi connectivity index (χ0n) is 16.5. The van der Waals surface area contributed by atoms with Gasteiger partial charge in [-0.15, -0.1) is 0 Å². The van der Waals surface area contributed by atoms with Crippen molar-refractivity contribution in [1.29, 1.82) is 0 Å². The van der Waals surface area contributed by atoms with Crippen LogP contribution in [0.3, 0.4) is 0 Å². The van der Waals surface area contributed by atoms with E-state index in [1.165, 1.54) is 63.0 Å². The molecule has 2 aliphatic rings. The molecule has 152 valence electrons. The summed E-state index contributed by atoms with van der Waals surface area (Å²) in [6.07, 6.45) is 10.5. The smallest absolute Gasteiger partial charge is 0.387 e. The summed E-state index contributed by atoms with van der Waals surface area (Å²) < 4.78 is 43.6. The second kappa shape index (κ2) is 8.34. The summed E-state index contributed by atoms with van der Waals surface area (Å²) in [6.45, 7) is -0.734. The zero-order chi connectivity index (χ0) is 19.7. The van der Waals surface area contributed by atoms with Gasteiger partial charge in [0, 0.05) is 5.39 Å². The van der Waals surface area contributed by atoms with E-state index >= 15 is 0 Å². The van der Waals surface area contributed by atoms with Gasteiger partial charge >= 0.3 is 6.61 Å². The van der Waals surface area contributed by atoms with Crippen molar-refractivity contribution in [3.8, 4) is 5.75 Å². The number of ether oxygens (including phenoxy) is 1. The maximum Gasteiger partial charge on any atom is 0.387 e. The molecule has 0 spiro atoms. The van der Waals surface area contributed by atoms with E-state index in [9.17, 15) is 13.2 Å². The predicted molar refractivity (Wildman–Crippen MR) is 106 cm³/mol. The lowest BCUT2D eigenvalue weighted by atomic mass is 9.63. The van der Waals surface area contributed by atoms with Gasteiger partial charge in [0.25, 0.3) is 0 Å². The third-order valence-corrected chi connectivity index (χ3v) is 7.05. The second-order valence-corrected chi connectivity index (χ2v) is 8.73. The van der Waals surface area contributed by atoms with Crippen LogP contribution in [0.4, 0.5) is 13.2 Å². The molecule has 2 aromatic carbocycles. The van der Waals surface area contributed by atoms with E-state index in [2.05, 4.69) is 11.7 Å². The van der Waals surface area contributed by atoms with Crippen molar-refractivity contribution < 1.29 is 17.9 Å². The van der Waals surface area contributed by atoms with Crippen LogP contribution in [0.2, 0.25) is 0 Å². The summed E-state index contributed by atoms with van der Waals surface area (Å²) in [4.78, 5) is 0. The Morgan fingerprint density at radius 1 is 1.00 bits per heavy atom. The molecule has 4 heteroatoms. The number of hydrogen-bond donors (Lipinski definition) is 0. The SMILES string of the molecule is CCC[C@@H]1CC[C@@H]2CC(c3ccc4c(F)c(OC(F)F)ccc4c3)CCC2C1. The normalized spacial score (nSPS) is 27.8. The minimum atomic E-state index is -3.02. The molecule has 2 saturated carbocycles. The van der Waals surface area contributed by atoms with Crippen molar-refractivity contribution >= 4 is 10.8 Å². The van der Waals surface area contributed by atoms with Crippen LogP contribution in [-0.4, -0.2) is 6.61 Å². The molecule has 0 radical (unpaired) electrons. The van der Waals surface area contributed by atoms with Gasteiger partial charge in [-0.1, -0.05) is 50.5 Å². The van der Waals surface area contributed by atoms with E-state index in [1.54, 1.807) is 12.1 Å². The van der Waals surface area contributed by atoms with Crippen LogP contribution in [0.5, 0.6) is 5.75 Å². The molecular weight excluding hydrogens is 361 g/mol. The minimum Gasteiger partial charge on any atom is -0.432 e. The Hall–Kier alpha value is -1.71. The van der Waals surface area contributed by atoms with Crippen LogP contribution in [0, 0.1) is 23.6 Å². The number of fused-ring (bicyclic) bond motifs is 2. The second-order valence-electron chi connectivity index (χ2n) is 8.73. The molecule has 0 amide bonds. The summed E-state index contributed by atoms with van der Waals surface area (Å²) >= 11 is 0. The minimum absolute atomic E-state index is 0.343. The number of halogens is 3. The maximum absolute atomic E-state index is 14.5. The zero-order valence-corrected chi connectivity index (χ0v) is 16.5. The van der Waals surface area contributed by atoms with Crippen LogP contribution in [0.25, 0.3) is 10.8 Å². The standard InChI is InChI=1S/C24H29F3O/c1-2-3-15-4-5-17-13-18(7-6-16(17)12-15)19-8-10-21-20(14-19)9-11-22(23(21)25)28-24(26)27/h8-11,14-18,24H,2-7,12-13H2,1H3/t15-,16?,17-,18?/m1/s1. The van der Waals surface area contributed by atoms with E-state index in [4.69, 9.17) is 0 Å². The quantitative estimate of drug-likeness (QED) is 0.509. The highest BCUT2D eigenvalue weighted by Crippen LogP contribution is 2.48. The number of benzene rings is 2. The molecule has 4 rings (SSSR count). The fourth-order valence-corrected chi connectivity index (χ4v) is 5.69. The molecule has 0 aliphatic heterocycles. The van der Waals surface area contributed by atoms with Crippen LogP contribution < -0.4 is 4.74 Å². The van der Waals surface area contributed by atoms with Crippen molar-refractivity contribution in [1.82, 2.24) is 0 Å². The van der Waals surface area contributed by atoms with Gasteiger partial charge in [-0.3, -0.25) is 0 Å². The van der Waals surface area contributed by atoms with Gasteiger partial charge in [0.05, 0.1) is 0 Å². The van der Waals surface area contributed by atoms with Crippen LogP contribution in [0.15, 0.2) is 30.3 Å². The Bertz CT molecular complexity index is 819. The predicted octanol–water partition coefficient (Wildman–Crippen LogP) is 7.68. The molecule has 0 aromatic heterocycles. The third kappa shape index (κ3) is 4.01. The summed E-state index contributed by atoms with van der Waals surface area (Å²) in [5.74, 6) is 2.06. The first-order chi connectivity index (χ1) is 13.5. The monoisotopic (exact) mass is 390 g/mol. The number of alkyl halides is 2. The molecule has 4 atom stereocenters. The van der Waals surface area contributed by atoms with Crippen molar-refractivity contribution in [3.05, 3.63) is 41.7 Å². The third-order valence-electron chi connectivity index (χ3n) is 7.05. The number of rotatable bonds is 5. The van der Waals surface area contributed by atoms with E-state index in [1.807, 2.05) is 12.1 Å². The van der Waals surface area contributed by atoms with Gasteiger partial charge in [0.1, 0.15) is 0 Å². The Kier molecular flexibility index (Phi) is 5.84. The van der Waals surface area contributed by atoms with Crippen molar-refractivity contribution in [2.75, 3.05) is 0 Å². The molecule has 0 saturated heterocycles. The Morgan fingerprint density at radius 3 is 2.57 bits per heavy atom. The molecule has 0 heterocycles. The van der Waals surface area contributed by atoms with Crippen LogP contribution >= 0.6 is 0 Å². The van der Waals surface area contributed by atoms with Gasteiger partial charge in [-0.25, -0.2) is 4.39 Å². The molecule has 2 aromatic rings. The Morgan fingerprint density at radius 2 is 1.79 bits per heavy atom. The van der Waals surface area contributed by atoms with E-state index in [-0.39, 0.29) is 5.75 Å². The lowest BCUT2D eigenvalue weighted by Crippen LogP contribution is -2.30. The van der Waals surface area contributed by atoms with Crippen molar-refractivity contribution in [2.45, 2.75) is 70.8 Å². The first-order valence-electron chi connectivity index (χ1n) is 10.7. The average molecular weight is 390 g/mol. The molecular formula is C24H29F3O. The largest absolute Gasteiger partial charge is 0.432 e. The van der Waals surface area contributed by atoms with E-state index in [0.717, 1.165) is 23.1 Å². The summed E-state index contributed by atoms with van der Waals surface area (Å²) in [5, 5.41) is 1.10. The van der Waals surface area contributed by atoms with Crippen LogP contribution in [-0.2, 0) is 0 Å². The topological polar surface area (TPSA) is 9.23 Å². The van der Waals surface area contributed by atoms with Gasteiger partial charge in [-0.2, -0.15) is 8.78 Å². The van der Waals surface area contributed by atoms with E-state index < -0.39 is 12.4 Å². The van der Waals surface area contributed by atoms with Crippen LogP contribution in [0.1, 0.15) is 69.8 Å². The Balaban J connectivity index is 1.49. The summed E-state index contributed by atoms with van der Waals surface area (Å²) in [5.41, 5.74) is 1.25. The first kappa shape index (κ1) is 19.6. The van der Waals surface area contributed by atoms with Crippen molar-refractivity contribution in [2.24, 2.45) is 17.8 Å². The van der Waals surface area contributed by atoms with Gasteiger partial charge in [-0.05, 0) is 72.8 Å². The Labute approximate surface area is 165 Å². The van der Waals surface area contributed by atoms with E-state index in [0.29, 0.717) is 11.3 Å². The maximum atomic E-state index is 14.5. The highest BCUT2D eigenvalue weighted by atomic mass is 19.3. The highest BCUT2D eigenvalue weighted by molar-refractivity contribution is 5.85. The fraction of sp³-hybridized carbons (Fsp3) is 0.583. The lowest BCUT2D eigenvalue weighted by molar-refractivity contribution is -0.0520. The van der Waals surface area contributed by atoms with Crippen molar-refractivity contribution in [3.63, 3.8) is 0 Å². The van der Waals surface area contributed by atoms with Gasteiger partial charge < -0.3 is 4.74 Å². The summed E-state index contributed by atoms with van der Waals surface area (Å²) in [6, 6.07) is 8.73. The van der Waals surface area contributed by atoms with Gasteiger partial charge in [0.2, 0.25) is 0 Å².